The molecule has 0 saturated carbocycles. The van der Waals surface area contributed by atoms with Crippen LogP contribution in [0.15, 0.2) is 60.8 Å². The van der Waals surface area contributed by atoms with Gasteiger partial charge < -0.3 is 23.9 Å². The van der Waals surface area contributed by atoms with Crippen molar-refractivity contribution in [2.24, 2.45) is 0 Å². The number of thiazole rings is 1. The van der Waals surface area contributed by atoms with Crippen molar-refractivity contribution in [1.29, 1.82) is 0 Å². The highest BCUT2D eigenvalue weighted by atomic mass is 32.1. The van der Waals surface area contributed by atoms with Gasteiger partial charge >= 0.3 is 0 Å². The molecule has 0 unspecified atom stereocenters. The zero-order valence-electron chi connectivity index (χ0n) is 20.2. The summed E-state index contributed by atoms with van der Waals surface area (Å²) in [6.45, 7) is 1.96. The number of aliphatic carboxylic acids is 1. The number of nitrogens with zero attached hydrogens (tertiary/aromatic N) is 2. The molecule has 0 atom stereocenters. The molecule has 6 nitrogen and oxygen atoms in total. The molecule has 0 aliphatic rings. The lowest BCUT2D eigenvalue weighted by Crippen LogP contribution is -2.27. The van der Waals surface area contributed by atoms with Crippen molar-refractivity contribution in [1.82, 2.24) is 9.55 Å². The van der Waals surface area contributed by atoms with E-state index in [2.05, 4.69) is 6.92 Å². The van der Waals surface area contributed by atoms with E-state index in [9.17, 15) is 9.90 Å². The molecular formula is C28H29N2O4S-. The maximum absolute atomic E-state index is 11.5. The number of methoxy groups -OCH3 is 2. The Morgan fingerprint density at radius 3 is 2.14 bits per heavy atom. The van der Waals surface area contributed by atoms with E-state index in [1.807, 2.05) is 60.8 Å². The average Bonchev–Trinajstić information content (AvgIpc) is 3.48. The largest absolute Gasteiger partial charge is 0.548 e. The Morgan fingerprint density at radius 1 is 0.943 bits per heavy atom. The van der Waals surface area contributed by atoms with Gasteiger partial charge in [0.15, 0.2) is 0 Å². The summed E-state index contributed by atoms with van der Waals surface area (Å²) >= 11 is 1.57. The highest BCUT2D eigenvalue weighted by Crippen LogP contribution is 2.42. The van der Waals surface area contributed by atoms with Crippen molar-refractivity contribution in [2.45, 2.75) is 39.2 Å². The second kappa shape index (κ2) is 11.2. The Bertz CT molecular complexity index is 1210. The van der Waals surface area contributed by atoms with Crippen molar-refractivity contribution in [3.63, 3.8) is 0 Å². The van der Waals surface area contributed by atoms with Gasteiger partial charge in [0.05, 0.1) is 43.0 Å². The first kappa shape index (κ1) is 24.5. The van der Waals surface area contributed by atoms with Crippen molar-refractivity contribution < 1.29 is 19.4 Å². The van der Waals surface area contributed by atoms with E-state index in [4.69, 9.17) is 14.5 Å². The molecule has 0 amide bonds. The van der Waals surface area contributed by atoms with Gasteiger partial charge in [0.1, 0.15) is 16.5 Å². The summed E-state index contributed by atoms with van der Waals surface area (Å²) in [6.07, 6.45) is 5.99. The zero-order chi connectivity index (χ0) is 24.8. The van der Waals surface area contributed by atoms with Crippen LogP contribution in [0.3, 0.4) is 0 Å². The quantitative estimate of drug-likeness (QED) is 0.262. The molecule has 0 N–H and O–H groups in total. The smallest absolute Gasteiger partial charge is 0.141 e. The molecule has 2 heterocycles. The molecule has 4 aromatic rings. The molecule has 0 fully saturated rings. The molecule has 2 aromatic heterocycles. The van der Waals surface area contributed by atoms with Crippen LogP contribution in [0.4, 0.5) is 0 Å². The lowest BCUT2D eigenvalue weighted by atomic mass is 10.1. The topological polar surface area (TPSA) is 76.4 Å². The molecule has 0 bridgehead atoms. The summed E-state index contributed by atoms with van der Waals surface area (Å²) in [6, 6.07) is 17.7. The maximum Gasteiger partial charge on any atom is 0.141 e. The fourth-order valence-corrected chi connectivity index (χ4v) is 5.31. The van der Waals surface area contributed by atoms with Gasteiger partial charge in [-0.3, -0.25) is 0 Å². The first-order valence-corrected chi connectivity index (χ1v) is 12.5. The molecule has 0 saturated heterocycles. The van der Waals surface area contributed by atoms with E-state index in [1.165, 1.54) is 0 Å². The highest BCUT2D eigenvalue weighted by Gasteiger charge is 2.21. The Hall–Kier alpha value is -3.58. The average molecular weight is 490 g/mol. The molecule has 4 rings (SSSR count). The van der Waals surface area contributed by atoms with Crippen LogP contribution < -0.4 is 14.6 Å². The predicted molar refractivity (Wildman–Crippen MR) is 138 cm³/mol. The number of benzene rings is 2. The molecule has 182 valence electrons. The van der Waals surface area contributed by atoms with Crippen molar-refractivity contribution in [2.75, 3.05) is 14.2 Å². The molecular weight excluding hydrogens is 460 g/mol. The van der Waals surface area contributed by atoms with Crippen LogP contribution in [0.1, 0.15) is 31.7 Å². The molecule has 0 aliphatic heterocycles. The lowest BCUT2D eigenvalue weighted by Gasteiger charge is -2.10. The molecule has 7 heteroatoms. The first-order chi connectivity index (χ1) is 17.0. The molecule has 35 heavy (non-hydrogen) atoms. The minimum Gasteiger partial charge on any atom is -0.548 e. The number of aryl methyl sites for hydroxylation is 1. The van der Waals surface area contributed by atoms with Gasteiger partial charge in [-0.05, 0) is 78.6 Å². The number of unbranched alkanes of at least 4 members (excludes halogenated alkanes) is 2. The fourth-order valence-electron chi connectivity index (χ4n) is 4.12. The Labute approximate surface area is 209 Å². The third kappa shape index (κ3) is 5.57. The predicted octanol–water partition coefficient (Wildman–Crippen LogP) is 5.45. The van der Waals surface area contributed by atoms with Gasteiger partial charge in [-0.15, -0.1) is 11.3 Å². The van der Waals surface area contributed by atoms with Crippen molar-refractivity contribution >= 4 is 17.3 Å². The molecule has 0 aliphatic carbocycles. The zero-order valence-corrected chi connectivity index (χ0v) is 21.1. The van der Waals surface area contributed by atoms with E-state index in [0.29, 0.717) is 0 Å². The maximum atomic E-state index is 11.5. The van der Waals surface area contributed by atoms with Crippen LogP contribution in [0, 0.1) is 0 Å². The van der Waals surface area contributed by atoms with E-state index in [-0.39, 0.29) is 6.54 Å². The van der Waals surface area contributed by atoms with Crippen LogP contribution in [-0.2, 0) is 17.8 Å². The summed E-state index contributed by atoms with van der Waals surface area (Å²) in [5.41, 5.74) is 4.79. The van der Waals surface area contributed by atoms with Gasteiger partial charge in [-0.2, -0.15) is 0 Å². The summed E-state index contributed by atoms with van der Waals surface area (Å²) < 4.78 is 12.4. The number of carbonyl (C=O) groups is 1. The van der Waals surface area contributed by atoms with Crippen LogP contribution in [0.25, 0.3) is 32.4 Å². The van der Waals surface area contributed by atoms with E-state index in [1.54, 1.807) is 30.1 Å². The van der Waals surface area contributed by atoms with E-state index in [0.717, 1.165) is 75.1 Å². The summed E-state index contributed by atoms with van der Waals surface area (Å²) in [4.78, 5) is 17.6. The first-order valence-electron chi connectivity index (χ1n) is 11.7. The number of aromatic nitrogens is 2. The normalized spacial score (nSPS) is 10.9. The molecule has 2 aromatic carbocycles. The Morgan fingerprint density at radius 2 is 1.57 bits per heavy atom. The second-order valence-electron chi connectivity index (χ2n) is 8.30. The number of hydrogen-bond donors (Lipinski definition) is 0. The van der Waals surface area contributed by atoms with Crippen molar-refractivity contribution in [3.05, 3.63) is 66.4 Å². The lowest BCUT2D eigenvalue weighted by molar-refractivity contribution is -0.306. The van der Waals surface area contributed by atoms with E-state index < -0.39 is 5.97 Å². The van der Waals surface area contributed by atoms with E-state index >= 15 is 0 Å². The number of rotatable bonds is 11. The van der Waals surface area contributed by atoms with Gasteiger partial charge in [0.25, 0.3) is 0 Å². The van der Waals surface area contributed by atoms with Gasteiger partial charge in [-0.25, -0.2) is 4.98 Å². The van der Waals surface area contributed by atoms with Crippen LogP contribution in [0.2, 0.25) is 0 Å². The van der Waals surface area contributed by atoms with Crippen LogP contribution in [0.5, 0.6) is 11.5 Å². The number of carbonyl (C=O) groups excluding carboxylic acids is 1. The number of carboxylic acid groups (broad SMARTS) is 1. The molecule has 0 spiro atoms. The number of ether oxygens (including phenoxy) is 2. The van der Waals surface area contributed by atoms with Gasteiger partial charge in [-0.1, -0.05) is 19.8 Å². The fraction of sp³-hybridized carbons (Fsp3) is 0.286. The van der Waals surface area contributed by atoms with Gasteiger partial charge in [0, 0.05) is 11.8 Å². The number of carboxylic acids is 1. The van der Waals surface area contributed by atoms with Crippen molar-refractivity contribution in [3.8, 4) is 43.9 Å². The monoisotopic (exact) mass is 489 g/mol. The molecule has 0 radical (unpaired) electrons. The summed E-state index contributed by atoms with van der Waals surface area (Å²) in [5, 5.41) is 12.3. The summed E-state index contributed by atoms with van der Waals surface area (Å²) in [7, 11) is 3.29. The standard InChI is InChI=1S/C28H30N2O4S/c1-4-5-6-7-20-16-17-30(18-24(31)32)26(20)28-29-25(19-8-12-22(33-2)13-9-19)27(35-28)21-10-14-23(34-3)15-11-21/h8-17H,4-7,18H2,1-3H3,(H,31,32)/p-1. The minimum absolute atomic E-state index is 0.210. The highest BCUT2D eigenvalue weighted by molar-refractivity contribution is 7.19. The van der Waals surface area contributed by atoms with Crippen LogP contribution in [-0.4, -0.2) is 29.7 Å². The number of hydrogen-bond acceptors (Lipinski definition) is 6. The Balaban J connectivity index is 1.85. The van der Waals surface area contributed by atoms with Crippen LogP contribution >= 0.6 is 11.3 Å². The summed E-state index contributed by atoms with van der Waals surface area (Å²) in [5.74, 6) is 0.436. The SMILES string of the molecule is CCCCCc1ccn(CC(=O)[O-])c1-c1nc(-c2ccc(OC)cc2)c(-c2ccc(OC)cc2)s1. The second-order valence-corrected chi connectivity index (χ2v) is 9.30. The van der Waals surface area contributed by atoms with Gasteiger partial charge in [0.2, 0.25) is 0 Å². The third-order valence-corrected chi connectivity index (χ3v) is 7.05. The Kier molecular flexibility index (Phi) is 7.87. The minimum atomic E-state index is -1.12. The third-order valence-electron chi connectivity index (χ3n) is 5.94.